The van der Waals surface area contributed by atoms with Gasteiger partial charge in [0, 0.05) is 31.1 Å². The molecule has 1 amide bonds. The first-order valence-electron chi connectivity index (χ1n) is 5.20. The summed E-state index contributed by atoms with van der Waals surface area (Å²) in [5, 5.41) is 13.2. The maximum Gasteiger partial charge on any atom is 0.273 e. The van der Waals surface area contributed by atoms with Crippen LogP contribution in [-0.2, 0) is 13.5 Å². The van der Waals surface area contributed by atoms with Crippen LogP contribution >= 0.6 is 11.3 Å². The van der Waals surface area contributed by atoms with Gasteiger partial charge < -0.3 is 5.32 Å². The Morgan fingerprint density at radius 1 is 1.59 bits per heavy atom. The lowest BCUT2D eigenvalue weighted by Gasteiger charge is -2.00. The molecule has 90 valence electrons. The van der Waals surface area contributed by atoms with Gasteiger partial charge in [0.2, 0.25) is 0 Å². The van der Waals surface area contributed by atoms with Gasteiger partial charge >= 0.3 is 0 Å². The molecular formula is C10H13N5OS. The first-order valence-corrected chi connectivity index (χ1v) is 6.08. The van der Waals surface area contributed by atoms with Gasteiger partial charge in [0.25, 0.3) is 5.91 Å². The van der Waals surface area contributed by atoms with Crippen molar-refractivity contribution in [1.29, 1.82) is 0 Å². The van der Waals surface area contributed by atoms with Gasteiger partial charge in [-0.15, -0.1) is 16.4 Å². The molecule has 0 spiro atoms. The third-order valence-corrected chi connectivity index (χ3v) is 3.15. The van der Waals surface area contributed by atoms with Crippen molar-refractivity contribution in [1.82, 2.24) is 25.3 Å². The highest BCUT2D eigenvalue weighted by molar-refractivity contribution is 7.09. The average molecular weight is 251 g/mol. The van der Waals surface area contributed by atoms with Crippen molar-refractivity contribution in [3.8, 4) is 0 Å². The van der Waals surface area contributed by atoms with Crippen LogP contribution in [-0.4, -0.2) is 32.4 Å². The van der Waals surface area contributed by atoms with Gasteiger partial charge in [-0.1, -0.05) is 5.21 Å². The lowest BCUT2D eigenvalue weighted by atomic mass is 10.4. The van der Waals surface area contributed by atoms with Crippen LogP contribution in [0.3, 0.4) is 0 Å². The van der Waals surface area contributed by atoms with E-state index < -0.39 is 0 Å². The van der Waals surface area contributed by atoms with Crippen molar-refractivity contribution < 1.29 is 4.79 Å². The topological polar surface area (TPSA) is 72.7 Å². The number of amides is 1. The number of hydrogen-bond donors (Lipinski definition) is 1. The molecule has 0 bridgehead atoms. The molecule has 6 nitrogen and oxygen atoms in total. The number of rotatable bonds is 4. The third kappa shape index (κ3) is 3.10. The maximum atomic E-state index is 11.6. The number of carbonyl (C=O) groups is 1. The molecule has 0 aromatic carbocycles. The Labute approximate surface area is 103 Å². The largest absolute Gasteiger partial charge is 0.350 e. The molecule has 2 heterocycles. The smallest absolute Gasteiger partial charge is 0.273 e. The van der Waals surface area contributed by atoms with Gasteiger partial charge in [0.15, 0.2) is 5.69 Å². The Morgan fingerprint density at radius 3 is 3.00 bits per heavy atom. The molecule has 2 rings (SSSR count). The minimum absolute atomic E-state index is 0.202. The molecular weight excluding hydrogens is 238 g/mol. The van der Waals surface area contributed by atoms with E-state index in [4.69, 9.17) is 0 Å². The standard InChI is InChI=1S/C10H13N5OS/c1-7-6-17-9(12-7)3-4-11-10(16)8-5-15(2)14-13-8/h5-6H,3-4H2,1-2H3,(H,11,16). The molecule has 0 aliphatic carbocycles. The Hall–Kier alpha value is -1.76. The zero-order valence-electron chi connectivity index (χ0n) is 9.67. The van der Waals surface area contributed by atoms with Crippen molar-refractivity contribution in [2.45, 2.75) is 13.3 Å². The first kappa shape index (κ1) is 11.7. The number of aromatic nitrogens is 4. The van der Waals surface area contributed by atoms with Gasteiger partial charge in [-0.25, -0.2) is 4.98 Å². The van der Waals surface area contributed by atoms with Gasteiger partial charge in [-0.3, -0.25) is 9.48 Å². The van der Waals surface area contributed by atoms with E-state index in [-0.39, 0.29) is 5.91 Å². The van der Waals surface area contributed by atoms with E-state index >= 15 is 0 Å². The highest BCUT2D eigenvalue weighted by Gasteiger charge is 2.09. The van der Waals surface area contributed by atoms with Gasteiger partial charge in [-0.2, -0.15) is 0 Å². The fourth-order valence-corrected chi connectivity index (χ4v) is 2.12. The van der Waals surface area contributed by atoms with Crippen molar-refractivity contribution in [2.75, 3.05) is 6.54 Å². The predicted octanol–water partition coefficient (Wildman–Crippen LogP) is 0.553. The molecule has 0 saturated heterocycles. The van der Waals surface area contributed by atoms with Crippen LogP contribution in [0.15, 0.2) is 11.6 Å². The summed E-state index contributed by atoms with van der Waals surface area (Å²) in [4.78, 5) is 15.9. The summed E-state index contributed by atoms with van der Waals surface area (Å²) >= 11 is 1.61. The van der Waals surface area contributed by atoms with Gasteiger partial charge in [-0.05, 0) is 6.92 Å². The van der Waals surface area contributed by atoms with Crippen LogP contribution < -0.4 is 5.32 Å². The summed E-state index contributed by atoms with van der Waals surface area (Å²) in [5.41, 5.74) is 1.35. The molecule has 0 radical (unpaired) electrons. The van der Waals surface area contributed by atoms with Crippen molar-refractivity contribution in [2.24, 2.45) is 7.05 Å². The predicted molar refractivity (Wildman–Crippen MR) is 63.9 cm³/mol. The highest BCUT2D eigenvalue weighted by atomic mass is 32.1. The van der Waals surface area contributed by atoms with E-state index in [9.17, 15) is 4.79 Å². The average Bonchev–Trinajstić information content (AvgIpc) is 2.88. The second-order valence-electron chi connectivity index (χ2n) is 3.67. The molecule has 1 N–H and O–H groups in total. The number of nitrogens with zero attached hydrogens (tertiary/aromatic N) is 4. The fourth-order valence-electron chi connectivity index (χ4n) is 1.34. The molecule has 0 fully saturated rings. The molecule has 17 heavy (non-hydrogen) atoms. The van der Waals surface area contributed by atoms with E-state index in [1.165, 1.54) is 4.68 Å². The van der Waals surface area contributed by atoms with E-state index in [1.807, 2.05) is 12.3 Å². The first-order chi connectivity index (χ1) is 8.15. The number of thiazole rings is 1. The Morgan fingerprint density at radius 2 is 2.41 bits per heavy atom. The van der Waals surface area contributed by atoms with Crippen molar-refractivity contribution >= 4 is 17.2 Å². The van der Waals surface area contributed by atoms with E-state index in [0.29, 0.717) is 12.2 Å². The monoisotopic (exact) mass is 251 g/mol. The summed E-state index contributed by atoms with van der Waals surface area (Å²) in [5.74, 6) is -0.202. The Bertz CT molecular complexity index is 518. The second kappa shape index (κ2) is 5.05. The molecule has 2 aromatic rings. The zero-order chi connectivity index (χ0) is 12.3. The third-order valence-electron chi connectivity index (χ3n) is 2.13. The fraction of sp³-hybridized carbons (Fsp3) is 0.400. The summed E-state index contributed by atoms with van der Waals surface area (Å²) in [7, 11) is 1.72. The van der Waals surface area contributed by atoms with E-state index in [2.05, 4.69) is 20.6 Å². The van der Waals surface area contributed by atoms with E-state index in [0.717, 1.165) is 17.1 Å². The Kier molecular flexibility index (Phi) is 3.48. The quantitative estimate of drug-likeness (QED) is 0.861. The summed E-state index contributed by atoms with van der Waals surface area (Å²) in [6.07, 6.45) is 2.33. The molecule has 0 aliphatic heterocycles. The normalized spacial score (nSPS) is 10.5. The molecule has 7 heteroatoms. The second-order valence-corrected chi connectivity index (χ2v) is 4.61. The van der Waals surface area contributed by atoms with Gasteiger partial charge in [0.1, 0.15) is 0 Å². The number of carbonyl (C=O) groups excluding carboxylic acids is 1. The van der Waals surface area contributed by atoms with Crippen LogP contribution in [0.5, 0.6) is 0 Å². The minimum atomic E-state index is -0.202. The number of nitrogens with one attached hydrogen (secondary N) is 1. The van der Waals surface area contributed by atoms with Crippen molar-refractivity contribution in [3.63, 3.8) is 0 Å². The Balaban J connectivity index is 1.81. The SMILES string of the molecule is Cc1csc(CCNC(=O)c2cn(C)nn2)n1. The number of hydrogen-bond acceptors (Lipinski definition) is 5. The van der Waals surface area contributed by atoms with E-state index in [1.54, 1.807) is 24.6 Å². The summed E-state index contributed by atoms with van der Waals surface area (Å²) in [6, 6.07) is 0. The highest BCUT2D eigenvalue weighted by Crippen LogP contribution is 2.08. The molecule has 2 aromatic heterocycles. The van der Waals surface area contributed by atoms with Crippen LogP contribution in [0.25, 0.3) is 0 Å². The summed E-state index contributed by atoms with van der Waals surface area (Å²) in [6.45, 7) is 2.51. The zero-order valence-corrected chi connectivity index (χ0v) is 10.5. The van der Waals surface area contributed by atoms with Crippen LogP contribution in [0.2, 0.25) is 0 Å². The molecule has 0 aliphatic rings. The lowest BCUT2D eigenvalue weighted by Crippen LogP contribution is -2.26. The minimum Gasteiger partial charge on any atom is -0.350 e. The van der Waals surface area contributed by atoms with Crippen LogP contribution in [0, 0.1) is 6.92 Å². The van der Waals surface area contributed by atoms with Crippen LogP contribution in [0.4, 0.5) is 0 Å². The van der Waals surface area contributed by atoms with Crippen molar-refractivity contribution in [3.05, 3.63) is 28.0 Å². The van der Waals surface area contributed by atoms with Gasteiger partial charge in [0.05, 0.1) is 11.2 Å². The summed E-state index contributed by atoms with van der Waals surface area (Å²) < 4.78 is 1.50. The van der Waals surface area contributed by atoms with Crippen LogP contribution in [0.1, 0.15) is 21.2 Å². The molecule has 0 atom stereocenters. The number of aryl methyl sites for hydroxylation is 2. The molecule has 0 saturated carbocycles. The lowest BCUT2D eigenvalue weighted by molar-refractivity contribution is 0.0949. The molecule has 0 unspecified atom stereocenters. The maximum absolute atomic E-state index is 11.6.